The number of nitrogens with zero attached hydrogens (tertiary/aromatic N) is 4. The van der Waals surface area contributed by atoms with Gasteiger partial charge >= 0.3 is 5.97 Å². The molecule has 2 aliphatic heterocycles. The lowest BCUT2D eigenvalue weighted by atomic mass is 9.93. The molecule has 0 amide bonds. The van der Waals surface area contributed by atoms with Gasteiger partial charge in [0.05, 0.1) is 36.9 Å². The van der Waals surface area contributed by atoms with Crippen molar-refractivity contribution in [1.29, 1.82) is 5.26 Å². The minimum atomic E-state index is -0.238. The number of ketones is 1. The molecule has 2 aliphatic rings. The molecule has 0 radical (unpaired) electrons. The number of hydrogen-bond donors (Lipinski definition) is 0. The second kappa shape index (κ2) is 11.2. The van der Waals surface area contributed by atoms with Gasteiger partial charge in [-0.25, -0.2) is 0 Å². The van der Waals surface area contributed by atoms with Gasteiger partial charge in [0.15, 0.2) is 5.78 Å². The summed E-state index contributed by atoms with van der Waals surface area (Å²) in [6, 6.07) is 10.1. The number of carbonyl (C=O) groups is 2. The maximum absolute atomic E-state index is 13.6. The van der Waals surface area contributed by atoms with E-state index < -0.39 is 0 Å². The molecule has 4 rings (SSSR count). The minimum absolute atomic E-state index is 0.0718. The van der Waals surface area contributed by atoms with Crippen molar-refractivity contribution >= 4 is 22.7 Å². The topological polar surface area (TPSA) is 78.6 Å². The Morgan fingerprint density at radius 3 is 2.59 bits per heavy atom. The Hall–Kier alpha value is -2.69. The van der Waals surface area contributed by atoms with E-state index in [2.05, 4.69) is 28.5 Å². The smallest absolute Gasteiger partial charge is 0.320 e. The number of hydrogen-bond acceptors (Lipinski definition) is 6. The fourth-order valence-corrected chi connectivity index (χ4v) is 5.73. The van der Waals surface area contributed by atoms with E-state index in [0.29, 0.717) is 12.2 Å². The fraction of sp³-hybridized carbons (Fsp3) is 0.593. The molecular weight excluding hydrogens is 428 g/mol. The number of ether oxygens (including phenoxy) is 1. The zero-order valence-electron chi connectivity index (χ0n) is 20.5. The van der Waals surface area contributed by atoms with Crippen LogP contribution in [0.4, 0.5) is 0 Å². The van der Waals surface area contributed by atoms with Crippen LogP contribution in [0.2, 0.25) is 0 Å². The van der Waals surface area contributed by atoms with E-state index in [4.69, 9.17) is 4.74 Å². The van der Waals surface area contributed by atoms with E-state index in [9.17, 15) is 14.9 Å². The van der Waals surface area contributed by atoms with Crippen molar-refractivity contribution < 1.29 is 14.3 Å². The first kappa shape index (κ1) is 24.4. The van der Waals surface area contributed by atoms with Crippen molar-refractivity contribution in [3.8, 4) is 6.07 Å². The molecule has 2 aromatic rings. The molecule has 182 valence electrons. The first-order valence-corrected chi connectivity index (χ1v) is 12.7. The third-order valence-corrected chi connectivity index (χ3v) is 7.36. The number of piperidine rings is 1. The summed E-state index contributed by atoms with van der Waals surface area (Å²) in [5.41, 5.74) is 3.02. The Morgan fingerprint density at radius 1 is 1.06 bits per heavy atom. The first-order valence-electron chi connectivity index (χ1n) is 12.7. The van der Waals surface area contributed by atoms with Gasteiger partial charge in [0.2, 0.25) is 0 Å². The summed E-state index contributed by atoms with van der Waals surface area (Å²) >= 11 is 0. The highest BCUT2D eigenvalue weighted by atomic mass is 16.5. The second-order valence-corrected chi connectivity index (χ2v) is 9.40. The van der Waals surface area contributed by atoms with Gasteiger partial charge in [-0.2, -0.15) is 5.26 Å². The predicted octanol–water partition coefficient (Wildman–Crippen LogP) is 3.53. The third-order valence-electron chi connectivity index (χ3n) is 7.36. The number of Topliss-reactive ketones (excluding diaryl/α,β-unsaturated/α-hetero) is 1. The average molecular weight is 465 g/mol. The van der Waals surface area contributed by atoms with Crippen molar-refractivity contribution in [1.82, 2.24) is 14.4 Å². The summed E-state index contributed by atoms with van der Waals surface area (Å²) in [7, 11) is 0. The highest BCUT2D eigenvalue weighted by molar-refractivity contribution is 5.90. The molecule has 0 aliphatic carbocycles. The summed E-state index contributed by atoms with van der Waals surface area (Å²) < 4.78 is 7.43. The lowest BCUT2D eigenvalue weighted by Crippen LogP contribution is -2.53. The largest absolute Gasteiger partial charge is 0.465 e. The molecule has 34 heavy (non-hydrogen) atoms. The Kier molecular flexibility index (Phi) is 8.02. The molecule has 7 nitrogen and oxygen atoms in total. The van der Waals surface area contributed by atoms with Crippen LogP contribution in [0.15, 0.2) is 24.3 Å². The van der Waals surface area contributed by atoms with Crippen LogP contribution in [0.1, 0.15) is 57.2 Å². The molecule has 2 saturated heterocycles. The van der Waals surface area contributed by atoms with Crippen LogP contribution < -0.4 is 0 Å². The van der Waals surface area contributed by atoms with Gasteiger partial charge < -0.3 is 9.30 Å². The lowest BCUT2D eigenvalue weighted by Gasteiger charge is -2.36. The number of benzene rings is 1. The standard InChI is InChI=1S/C27H36N4O3/c1-3-31-22(17-21-11-10-20(18-28)16-25(21)31)12-15-29-14-7-9-23(29)27(33)24-8-5-6-13-30(24)19-26(32)34-4-2/h10-11,16-17,23-24H,3-9,12-15,19H2,1-2H3. The zero-order valence-corrected chi connectivity index (χ0v) is 20.5. The van der Waals surface area contributed by atoms with Crippen molar-refractivity contribution in [3.05, 3.63) is 35.5 Å². The molecular formula is C27H36N4O3. The fourth-order valence-electron chi connectivity index (χ4n) is 5.73. The van der Waals surface area contributed by atoms with Crippen molar-refractivity contribution in [2.75, 3.05) is 32.8 Å². The number of carbonyl (C=O) groups excluding carboxylic acids is 2. The number of nitriles is 1. The minimum Gasteiger partial charge on any atom is -0.465 e. The quantitative estimate of drug-likeness (QED) is 0.529. The van der Waals surface area contributed by atoms with Gasteiger partial charge in [-0.3, -0.25) is 19.4 Å². The van der Waals surface area contributed by atoms with Gasteiger partial charge in [0.1, 0.15) is 0 Å². The summed E-state index contributed by atoms with van der Waals surface area (Å²) in [5, 5.41) is 10.4. The second-order valence-electron chi connectivity index (χ2n) is 9.40. The third kappa shape index (κ3) is 5.18. The summed E-state index contributed by atoms with van der Waals surface area (Å²) in [5.74, 6) is 0.0358. The van der Waals surface area contributed by atoms with E-state index in [1.165, 1.54) is 5.69 Å². The number of likely N-dealkylation sites (tertiary alicyclic amines) is 2. The first-order chi connectivity index (χ1) is 16.5. The maximum atomic E-state index is 13.6. The average Bonchev–Trinajstić information content (AvgIpc) is 3.46. The van der Waals surface area contributed by atoms with Crippen LogP contribution in [0.5, 0.6) is 0 Å². The molecule has 0 saturated carbocycles. The molecule has 0 spiro atoms. The highest BCUT2D eigenvalue weighted by Crippen LogP contribution is 2.27. The maximum Gasteiger partial charge on any atom is 0.320 e. The van der Waals surface area contributed by atoms with Crippen molar-refractivity contribution in [2.45, 2.75) is 71.0 Å². The van der Waals surface area contributed by atoms with Crippen LogP contribution in [0, 0.1) is 11.3 Å². The van der Waals surface area contributed by atoms with Crippen LogP contribution in [-0.2, 0) is 27.3 Å². The predicted molar refractivity (Wildman–Crippen MR) is 131 cm³/mol. The van der Waals surface area contributed by atoms with Gasteiger partial charge in [-0.1, -0.05) is 12.5 Å². The van der Waals surface area contributed by atoms with E-state index >= 15 is 0 Å². The molecule has 2 fully saturated rings. The zero-order chi connectivity index (χ0) is 24.1. The molecule has 7 heteroatoms. The van der Waals surface area contributed by atoms with Crippen LogP contribution >= 0.6 is 0 Å². The summed E-state index contributed by atoms with van der Waals surface area (Å²) in [6.45, 7) is 7.92. The highest BCUT2D eigenvalue weighted by Gasteiger charge is 2.38. The van der Waals surface area contributed by atoms with Gasteiger partial charge in [0.25, 0.3) is 0 Å². The Balaban J connectivity index is 1.45. The van der Waals surface area contributed by atoms with Gasteiger partial charge in [-0.15, -0.1) is 0 Å². The number of aryl methyl sites for hydroxylation is 1. The van der Waals surface area contributed by atoms with Crippen molar-refractivity contribution in [2.24, 2.45) is 0 Å². The van der Waals surface area contributed by atoms with E-state index in [1.807, 2.05) is 30.0 Å². The number of esters is 1. The number of aromatic nitrogens is 1. The van der Waals surface area contributed by atoms with Crippen LogP contribution in [-0.4, -0.2) is 71.0 Å². The molecule has 1 aromatic heterocycles. The van der Waals surface area contributed by atoms with E-state index in [1.54, 1.807) is 0 Å². The molecule has 3 heterocycles. The molecule has 0 bridgehead atoms. The summed E-state index contributed by atoms with van der Waals surface area (Å²) in [6.07, 6.45) is 5.67. The number of rotatable bonds is 9. The SMILES string of the molecule is CCOC(=O)CN1CCCCC1C(=O)C1CCCN1CCc1cc2ccc(C#N)cc2n1CC. The lowest BCUT2D eigenvalue weighted by molar-refractivity contribution is -0.146. The van der Waals surface area contributed by atoms with Crippen LogP contribution in [0.25, 0.3) is 10.9 Å². The molecule has 0 N–H and O–H groups in total. The van der Waals surface area contributed by atoms with Crippen molar-refractivity contribution in [3.63, 3.8) is 0 Å². The van der Waals surface area contributed by atoms with Crippen LogP contribution in [0.3, 0.4) is 0 Å². The molecule has 2 atom stereocenters. The van der Waals surface area contributed by atoms with E-state index in [-0.39, 0.29) is 30.4 Å². The summed E-state index contributed by atoms with van der Waals surface area (Å²) in [4.78, 5) is 30.1. The Morgan fingerprint density at radius 2 is 1.82 bits per heavy atom. The Bertz CT molecular complexity index is 1070. The Labute approximate surface area is 202 Å². The molecule has 2 unspecified atom stereocenters. The normalized spacial score (nSPS) is 21.6. The van der Waals surface area contributed by atoms with Gasteiger partial charge in [0, 0.05) is 30.7 Å². The molecule has 1 aromatic carbocycles. The monoisotopic (exact) mass is 464 g/mol. The number of fused-ring (bicyclic) bond motifs is 1. The van der Waals surface area contributed by atoms with E-state index in [0.717, 1.165) is 75.6 Å². The van der Waals surface area contributed by atoms with Gasteiger partial charge in [-0.05, 0) is 76.2 Å².